The Balaban J connectivity index is 2.86. The summed E-state index contributed by atoms with van der Waals surface area (Å²) in [6.07, 6.45) is 0. The van der Waals surface area contributed by atoms with E-state index in [0.717, 1.165) is 0 Å². The highest BCUT2D eigenvalue weighted by molar-refractivity contribution is 7.92. The summed E-state index contributed by atoms with van der Waals surface area (Å²) in [5.74, 6) is -0.354. The fourth-order valence-corrected chi connectivity index (χ4v) is 2.04. The van der Waals surface area contributed by atoms with Gasteiger partial charge in [-0.2, -0.15) is 0 Å². The van der Waals surface area contributed by atoms with E-state index in [1.807, 2.05) is 0 Å². The minimum absolute atomic E-state index is 0.265. The highest BCUT2D eigenvalue weighted by Gasteiger charge is 2.09. The summed E-state index contributed by atoms with van der Waals surface area (Å²) in [4.78, 5) is 0. The van der Waals surface area contributed by atoms with E-state index >= 15 is 0 Å². The zero-order chi connectivity index (χ0) is 11.5. The Kier molecular flexibility index (Phi) is 4.21. The standard InChI is InChI=1S/C8H9Cl2NO3S/c9-7-2-1-6(5-8(7)10)11-15(13,14)4-3-12/h1-2,5,11-12H,3-4H2. The number of hydrogen-bond acceptors (Lipinski definition) is 3. The first-order chi connectivity index (χ1) is 6.94. The molecule has 0 saturated heterocycles. The number of aliphatic hydroxyl groups is 1. The van der Waals surface area contributed by atoms with Crippen LogP contribution in [0.5, 0.6) is 0 Å². The maximum Gasteiger partial charge on any atom is 0.234 e. The van der Waals surface area contributed by atoms with E-state index in [4.69, 9.17) is 28.3 Å². The Morgan fingerprint density at radius 1 is 1.27 bits per heavy atom. The molecule has 0 aliphatic rings. The second kappa shape index (κ2) is 5.03. The van der Waals surface area contributed by atoms with Gasteiger partial charge < -0.3 is 5.11 Å². The molecule has 0 bridgehead atoms. The second-order valence-corrected chi connectivity index (χ2v) is 5.43. The summed E-state index contributed by atoms with van der Waals surface area (Å²) in [5.41, 5.74) is 0.317. The molecular weight excluding hydrogens is 261 g/mol. The van der Waals surface area contributed by atoms with Crippen LogP contribution in [-0.2, 0) is 10.0 Å². The van der Waals surface area contributed by atoms with Gasteiger partial charge in [-0.25, -0.2) is 8.42 Å². The number of rotatable bonds is 4. The van der Waals surface area contributed by atoms with Crippen LogP contribution in [-0.4, -0.2) is 25.9 Å². The van der Waals surface area contributed by atoms with Crippen LogP contribution in [0.3, 0.4) is 0 Å². The Morgan fingerprint density at radius 3 is 2.47 bits per heavy atom. The van der Waals surface area contributed by atoms with Gasteiger partial charge in [0.1, 0.15) is 0 Å². The zero-order valence-electron chi connectivity index (χ0n) is 7.57. The van der Waals surface area contributed by atoms with Crippen LogP contribution in [0, 0.1) is 0 Å². The Bertz CT molecular complexity index is 447. The first kappa shape index (κ1) is 12.6. The number of hydrogen-bond donors (Lipinski definition) is 2. The second-order valence-electron chi connectivity index (χ2n) is 2.77. The van der Waals surface area contributed by atoms with Crippen molar-refractivity contribution >= 4 is 38.9 Å². The van der Waals surface area contributed by atoms with Crippen LogP contribution in [0.2, 0.25) is 10.0 Å². The fourth-order valence-electron chi connectivity index (χ4n) is 0.910. The SMILES string of the molecule is O=S(=O)(CCO)Nc1ccc(Cl)c(Cl)c1. The van der Waals surface area contributed by atoms with Crippen LogP contribution in [0.4, 0.5) is 5.69 Å². The van der Waals surface area contributed by atoms with Gasteiger partial charge in [0.25, 0.3) is 0 Å². The minimum Gasteiger partial charge on any atom is -0.395 e. The number of nitrogens with one attached hydrogen (secondary N) is 1. The maximum atomic E-state index is 11.2. The molecule has 0 unspecified atom stereocenters. The van der Waals surface area contributed by atoms with Crippen molar-refractivity contribution in [1.29, 1.82) is 0 Å². The molecule has 0 heterocycles. The molecule has 4 nitrogen and oxygen atoms in total. The molecule has 0 aromatic heterocycles. The van der Waals surface area contributed by atoms with E-state index in [1.165, 1.54) is 18.2 Å². The van der Waals surface area contributed by atoms with E-state index in [9.17, 15) is 8.42 Å². The van der Waals surface area contributed by atoms with Crippen molar-refractivity contribution in [2.24, 2.45) is 0 Å². The van der Waals surface area contributed by atoms with Crippen molar-refractivity contribution in [1.82, 2.24) is 0 Å². The predicted molar refractivity (Wildman–Crippen MR) is 61.0 cm³/mol. The fraction of sp³-hybridized carbons (Fsp3) is 0.250. The van der Waals surface area contributed by atoms with Crippen molar-refractivity contribution in [3.63, 3.8) is 0 Å². The van der Waals surface area contributed by atoms with Crippen molar-refractivity contribution < 1.29 is 13.5 Å². The molecule has 0 fully saturated rings. The molecule has 1 aromatic rings. The first-order valence-corrected chi connectivity index (χ1v) is 6.42. The van der Waals surface area contributed by atoms with Crippen molar-refractivity contribution in [2.75, 3.05) is 17.1 Å². The molecule has 15 heavy (non-hydrogen) atoms. The van der Waals surface area contributed by atoms with Gasteiger partial charge in [0, 0.05) is 0 Å². The Hall–Kier alpha value is -0.490. The Labute approximate surface area is 97.9 Å². The van der Waals surface area contributed by atoms with Crippen molar-refractivity contribution in [3.8, 4) is 0 Å². The highest BCUT2D eigenvalue weighted by atomic mass is 35.5. The number of anilines is 1. The van der Waals surface area contributed by atoms with E-state index in [1.54, 1.807) is 0 Å². The molecule has 0 saturated carbocycles. The molecule has 0 spiro atoms. The van der Waals surface area contributed by atoms with Gasteiger partial charge in [0.2, 0.25) is 10.0 Å². The van der Waals surface area contributed by atoms with Gasteiger partial charge in [0.05, 0.1) is 28.1 Å². The van der Waals surface area contributed by atoms with Crippen LogP contribution < -0.4 is 4.72 Å². The van der Waals surface area contributed by atoms with Gasteiger partial charge >= 0.3 is 0 Å². The lowest BCUT2D eigenvalue weighted by molar-refractivity contribution is 0.320. The van der Waals surface area contributed by atoms with Gasteiger partial charge in [-0.3, -0.25) is 4.72 Å². The van der Waals surface area contributed by atoms with E-state index in [2.05, 4.69) is 4.72 Å². The lowest BCUT2D eigenvalue weighted by Gasteiger charge is -2.07. The summed E-state index contributed by atoms with van der Waals surface area (Å²) in [5, 5.41) is 9.13. The molecular formula is C8H9Cl2NO3S. The van der Waals surface area contributed by atoms with Crippen LogP contribution >= 0.6 is 23.2 Å². The molecule has 1 aromatic carbocycles. The first-order valence-electron chi connectivity index (χ1n) is 4.01. The molecule has 84 valence electrons. The summed E-state index contributed by atoms with van der Waals surface area (Å²) >= 11 is 11.4. The summed E-state index contributed by atoms with van der Waals surface area (Å²) in [6, 6.07) is 4.38. The number of aliphatic hydroxyl groups excluding tert-OH is 1. The highest BCUT2D eigenvalue weighted by Crippen LogP contribution is 2.25. The average Bonchev–Trinajstić information content (AvgIpc) is 2.10. The van der Waals surface area contributed by atoms with Gasteiger partial charge in [0.15, 0.2) is 0 Å². The van der Waals surface area contributed by atoms with Crippen LogP contribution in [0.25, 0.3) is 0 Å². The molecule has 7 heteroatoms. The molecule has 0 atom stereocenters. The summed E-state index contributed by atoms with van der Waals surface area (Å²) < 4.78 is 24.8. The average molecular weight is 270 g/mol. The maximum absolute atomic E-state index is 11.2. The number of halogens is 2. The monoisotopic (exact) mass is 269 g/mol. The number of sulfonamides is 1. The third-order valence-corrected chi connectivity index (χ3v) is 3.56. The van der Waals surface area contributed by atoms with Gasteiger partial charge in [-0.1, -0.05) is 23.2 Å². The van der Waals surface area contributed by atoms with Crippen molar-refractivity contribution in [3.05, 3.63) is 28.2 Å². The molecule has 2 N–H and O–H groups in total. The van der Waals surface area contributed by atoms with Gasteiger partial charge in [-0.05, 0) is 18.2 Å². The predicted octanol–water partition coefficient (Wildman–Crippen LogP) is 1.73. The minimum atomic E-state index is -3.52. The van der Waals surface area contributed by atoms with Crippen LogP contribution in [0.1, 0.15) is 0 Å². The quantitative estimate of drug-likeness (QED) is 0.875. The molecule has 0 aliphatic heterocycles. The van der Waals surface area contributed by atoms with E-state index < -0.39 is 16.6 Å². The summed E-state index contributed by atoms with van der Waals surface area (Å²) in [7, 11) is -3.52. The number of benzene rings is 1. The normalized spacial score (nSPS) is 11.4. The topological polar surface area (TPSA) is 66.4 Å². The van der Waals surface area contributed by atoms with Gasteiger partial charge in [-0.15, -0.1) is 0 Å². The summed E-state index contributed by atoms with van der Waals surface area (Å²) in [6.45, 7) is -0.434. The van der Waals surface area contributed by atoms with E-state index in [0.29, 0.717) is 10.7 Å². The zero-order valence-corrected chi connectivity index (χ0v) is 9.90. The molecule has 1 rings (SSSR count). The molecule has 0 amide bonds. The Morgan fingerprint density at radius 2 is 1.93 bits per heavy atom. The molecule has 0 aliphatic carbocycles. The third kappa shape index (κ3) is 3.87. The molecule has 0 radical (unpaired) electrons. The smallest absolute Gasteiger partial charge is 0.234 e. The van der Waals surface area contributed by atoms with Crippen LogP contribution in [0.15, 0.2) is 18.2 Å². The van der Waals surface area contributed by atoms with Crippen molar-refractivity contribution in [2.45, 2.75) is 0 Å². The largest absolute Gasteiger partial charge is 0.395 e. The lowest BCUT2D eigenvalue weighted by atomic mass is 10.3. The third-order valence-electron chi connectivity index (χ3n) is 1.55. The lowest BCUT2D eigenvalue weighted by Crippen LogP contribution is -2.18. The van der Waals surface area contributed by atoms with E-state index in [-0.39, 0.29) is 10.8 Å².